The van der Waals surface area contributed by atoms with Gasteiger partial charge in [0, 0.05) is 6.04 Å². The third kappa shape index (κ3) is 1.78. The maximum absolute atomic E-state index is 13.8. The molecule has 1 aromatic carbocycles. The van der Waals surface area contributed by atoms with Gasteiger partial charge >= 0.3 is 0 Å². The van der Waals surface area contributed by atoms with Gasteiger partial charge in [0.2, 0.25) is 0 Å². The summed E-state index contributed by atoms with van der Waals surface area (Å²) < 4.78 is 13.8. The van der Waals surface area contributed by atoms with E-state index in [0.29, 0.717) is 0 Å². The Hall–Kier alpha value is -0.890. The Morgan fingerprint density at radius 1 is 1.33 bits per heavy atom. The number of aryl methyl sites for hydroxylation is 2. The average molecular weight is 207 g/mol. The topological polar surface area (TPSA) is 26.0 Å². The van der Waals surface area contributed by atoms with E-state index < -0.39 is 0 Å². The van der Waals surface area contributed by atoms with Crippen LogP contribution < -0.4 is 5.73 Å². The molecule has 82 valence electrons. The molecule has 2 N–H and O–H groups in total. The van der Waals surface area contributed by atoms with Crippen LogP contribution in [0.5, 0.6) is 0 Å². The molecule has 15 heavy (non-hydrogen) atoms. The number of fused-ring (bicyclic) bond motifs is 1. The van der Waals surface area contributed by atoms with E-state index in [9.17, 15) is 4.39 Å². The van der Waals surface area contributed by atoms with Gasteiger partial charge in [-0.2, -0.15) is 0 Å². The Morgan fingerprint density at radius 3 is 2.80 bits per heavy atom. The molecule has 1 aliphatic carbocycles. The largest absolute Gasteiger partial charge is 0.324 e. The molecule has 1 aliphatic rings. The van der Waals surface area contributed by atoms with Crippen molar-refractivity contribution >= 4 is 0 Å². The first kappa shape index (κ1) is 10.6. The average Bonchev–Trinajstić information content (AvgIpc) is 2.37. The van der Waals surface area contributed by atoms with Crippen molar-refractivity contribution in [2.75, 3.05) is 0 Å². The van der Waals surface area contributed by atoms with Crippen LogP contribution in [0.4, 0.5) is 4.39 Å². The van der Waals surface area contributed by atoms with Crippen LogP contribution in [0, 0.1) is 19.7 Å². The SMILES string of the molecule is Cc1cc2c(c(C)c1F)[C@H](N)CCCC2. The van der Waals surface area contributed by atoms with Crippen LogP contribution in [0.1, 0.15) is 47.6 Å². The Bertz CT molecular complexity index is 385. The molecule has 2 heteroatoms. The van der Waals surface area contributed by atoms with Crippen LogP contribution in [-0.2, 0) is 6.42 Å². The minimum atomic E-state index is -0.0777. The number of hydrogen-bond acceptors (Lipinski definition) is 1. The fourth-order valence-corrected chi connectivity index (χ4v) is 2.60. The summed E-state index contributed by atoms with van der Waals surface area (Å²) in [6.07, 6.45) is 4.35. The highest BCUT2D eigenvalue weighted by atomic mass is 19.1. The summed E-state index contributed by atoms with van der Waals surface area (Å²) in [5, 5.41) is 0. The van der Waals surface area contributed by atoms with Crippen LogP contribution in [0.3, 0.4) is 0 Å². The summed E-state index contributed by atoms with van der Waals surface area (Å²) >= 11 is 0. The summed E-state index contributed by atoms with van der Waals surface area (Å²) in [6, 6.07) is 2.00. The molecule has 0 unspecified atom stereocenters. The summed E-state index contributed by atoms with van der Waals surface area (Å²) in [5.74, 6) is -0.0777. The van der Waals surface area contributed by atoms with Gasteiger partial charge < -0.3 is 5.73 Å². The molecule has 1 aromatic rings. The van der Waals surface area contributed by atoms with Gasteiger partial charge in [0.1, 0.15) is 5.82 Å². The molecule has 0 spiro atoms. The molecular weight excluding hydrogens is 189 g/mol. The molecule has 2 rings (SSSR count). The van der Waals surface area contributed by atoms with Gasteiger partial charge in [-0.3, -0.25) is 0 Å². The highest BCUT2D eigenvalue weighted by Crippen LogP contribution is 2.32. The smallest absolute Gasteiger partial charge is 0.129 e. The summed E-state index contributed by atoms with van der Waals surface area (Å²) in [4.78, 5) is 0. The molecule has 0 bridgehead atoms. The number of rotatable bonds is 0. The Kier molecular flexibility index (Phi) is 2.79. The van der Waals surface area contributed by atoms with E-state index in [1.807, 2.05) is 19.9 Å². The normalized spacial score (nSPS) is 20.9. The van der Waals surface area contributed by atoms with Crippen molar-refractivity contribution in [1.29, 1.82) is 0 Å². The summed E-state index contributed by atoms with van der Waals surface area (Å²) in [6.45, 7) is 3.69. The molecule has 0 saturated heterocycles. The number of hydrogen-bond donors (Lipinski definition) is 1. The van der Waals surface area contributed by atoms with Crippen molar-refractivity contribution in [1.82, 2.24) is 0 Å². The number of halogens is 1. The first-order valence-corrected chi connectivity index (χ1v) is 5.65. The first-order valence-electron chi connectivity index (χ1n) is 5.65. The monoisotopic (exact) mass is 207 g/mol. The Balaban J connectivity index is 2.61. The zero-order valence-electron chi connectivity index (χ0n) is 9.44. The van der Waals surface area contributed by atoms with Gasteiger partial charge in [0.15, 0.2) is 0 Å². The maximum Gasteiger partial charge on any atom is 0.129 e. The third-order valence-electron chi connectivity index (χ3n) is 3.40. The van der Waals surface area contributed by atoms with Gasteiger partial charge in [-0.1, -0.05) is 12.5 Å². The van der Waals surface area contributed by atoms with E-state index in [-0.39, 0.29) is 11.9 Å². The molecule has 1 atom stereocenters. The van der Waals surface area contributed by atoms with Gasteiger partial charge in [-0.05, 0) is 55.4 Å². The Morgan fingerprint density at radius 2 is 2.07 bits per heavy atom. The van der Waals surface area contributed by atoms with Crippen LogP contribution in [-0.4, -0.2) is 0 Å². The van der Waals surface area contributed by atoms with Crippen molar-refractivity contribution < 1.29 is 4.39 Å². The third-order valence-corrected chi connectivity index (χ3v) is 3.40. The lowest BCUT2D eigenvalue weighted by Crippen LogP contribution is -2.13. The van der Waals surface area contributed by atoms with Gasteiger partial charge in [-0.15, -0.1) is 0 Å². The van der Waals surface area contributed by atoms with Crippen LogP contribution in [0.2, 0.25) is 0 Å². The lowest BCUT2D eigenvalue weighted by molar-refractivity contribution is 0.586. The minimum Gasteiger partial charge on any atom is -0.324 e. The molecular formula is C13H18FN. The van der Waals surface area contributed by atoms with Crippen LogP contribution in [0.25, 0.3) is 0 Å². The van der Waals surface area contributed by atoms with Crippen molar-refractivity contribution in [2.45, 2.75) is 45.6 Å². The number of nitrogens with two attached hydrogens (primary N) is 1. The van der Waals surface area contributed by atoms with E-state index in [0.717, 1.165) is 36.0 Å². The molecule has 0 amide bonds. The second-order valence-electron chi connectivity index (χ2n) is 4.56. The molecule has 0 fully saturated rings. The highest BCUT2D eigenvalue weighted by molar-refractivity contribution is 5.42. The first-order chi connectivity index (χ1) is 7.11. The molecule has 0 heterocycles. The van der Waals surface area contributed by atoms with Gasteiger partial charge in [-0.25, -0.2) is 4.39 Å². The van der Waals surface area contributed by atoms with E-state index in [1.165, 1.54) is 12.0 Å². The molecule has 1 nitrogen and oxygen atoms in total. The molecule has 0 aliphatic heterocycles. The number of benzene rings is 1. The fourth-order valence-electron chi connectivity index (χ4n) is 2.60. The maximum atomic E-state index is 13.8. The highest BCUT2D eigenvalue weighted by Gasteiger charge is 2.20. The van der Waals surface area contributed by atoms with E-state index >= 15 is 0 Å². The van der Waals surface area contributed by atoms with Gasteiger partial charge in [0.05, 0.1) is 0 Å². The zero-order chi connectivity index (χ0) is 11.0. The predicted octanol–water partition coefficient (Wildman–Crippen LogP) is 3.17. The molecule has 0 aromatic heterocycles. The molecule has 0 radical (unpaired) electrons. The van der Waals surface area contributed by atoms with Gasteiger partial charge in [0.25, 0.3) is 0 Å². The van der Waals surface area contributed by atoms with Crippen molar-refractivity contribution in [3.63, 3.8) is 0 Å². The fraction of sp³-hybridized carbons (Fsp3) is 0.538. The van der Waals surface area contributed by atoms with Crippen LogP contribution in [0.15, 0.2) is 6.07 Å². The summed E-state index contributed by atoms with van der Waals surface area (Å²) in [5.41, 5.74) is 9.94. The van der Waals surface area contributed by atoms with E-state index in [2.05, 4.69) is 0 Å². The van der Waals surface area contributed by atoms with Crippen LogP contribution >= 0.6 is 0 Å². The zero-order valence-corrected chi connectivity index (χ0v) is 9.44. The quantitative estimate of drug-likeness (QED) is 0.650. The van der Waals surface area contributed by atoms with Crippen molar-refractivity contribution in [2.24, 2.45) is 5.73 Å². The van der Waals surface area contributed by atoms with Crippen molar-refractivity contribution in [3.05, 3.63) is 34.1 Å². The second-order valence-corrected chi connectivity index (χ2v) is 4.56. The van der Waals surface area contributed by atoms with E-state index in [1.54, 1.807) is 0 Å². The summed E-state index contributed by atoms with van der Waals surface area (Å²) in [7, 11) is 0. The standard InChI is InChI=1S/C13H18FN/c1-8-7-10-5-3-4-6-11(15)12(10)9(2)13(8)14/h7,11H,3-6,15H2,1-2H3/t11-/m1/s1. The lowest BCUT2D eigenvalue weighted by atomic mass is 9.92. The van der Waals surface area contributed by atoms with Crippen molar-refractivity contribution in [3.8, 4) is 0 Å². The second kappa shape index (κ2) is 3.93. The predicted molar refractivity (Wildman–Crippen MR) is 60.4 cm³/mol. The minimum absolute atomic E-state index is 0.0256. The Labute approximate surface area is 90.5 Å². The molecule has 0 saturated carbocycles. The van der Waals surface area contributed by atoms with E-state index in [4.69, 9.17) is 5.73 Å². The lowest BCUT2D eigenvalue weighted by Gasteiger charge is -2.17.